The van der Waals surface area contributed by atoms with Gasteiger partial charge < -0.3 is 25.0 Å². The first-order valence-corrected chi connectivity index (χ1v) is 9.84. The molecule has 0 spiro atoms. The van der Waals surface area contributed by atoms with Crippen LogP contribution in [0.25, 0.3) is 11.3 Å². The molecule has 2 amide bonds. The highest BCUT2D eigenvalue weighted by Crippen LogP contribution is 2.37. The number of H-pyrrole nitrogens is 1. The van der Waals surface area contributed by atoms with Crippen LogP contribution < -0.4 is 10.1 Å². The van der Waals surface area contributed by atoms with Crippen LogP contribution in [0, 0.1) is 3.57 Å². The van der Waals surface area contributed by atoms with E-state index in [1.165, 1.54) is 4.90 Å². The number of carboxylic acid groups (broad SMARTS) is 1. The maximum absolute atomic E-state index is 12.2. The van der Waals surface area contributed by atoms with Crippen LogP contribution in [0.4, 0.5) is 4.79 Å². The molecule has 2 aromatic heterocycles. The lowest BCUT2D eigenvalue weighted by Gasteiger charge is -2.42. The van der Waals surface area contributed by atoms with Crippen molar-refractivity contribution in [2.75, 3.05) is 13.1 Å². The molecular formula is C18H19IN4O4. The first-order valence-electron chi connectivity index (χ1n) is 8.76. The van der Waals surface area contributed by atoms with Gasteiger partial charge in [0.2, 0.25) is 0 Å². The highest BCUT2D eigenvalue weighted by Gasteiger charge is 2.37. The van der Waals surface area contributed by atoms with Crippen molar-refractivity contribution in [1.82, 2.24) is 20.2 Å². The van der Waals surface area contributed by atoms with Gasteiger partial charge in [0.05, 0.1) is 27.1 Å². The third-order valence-electron chi connectivity index (χ3n) is 5.12. The van der Waals surface area contributed by atoms with Crippen molar-refractivity contribution in [2.24, 2.45) is 0 Å². The van der Waals surface area contributed by atoms with Gasteiger partial charge in [0, 0.05) is 37.0 Å². The van der Waals surface area contributed by atoms with Crippen molar-refractivity contribution in [3.8, 4) is 17.0 Å². The van der Waals surface area contributed by atoms with Crippen molar-refractivity contribution in [2.45, 2.75) is 31.9 Å². The standard InChI is InChI=1S/C18H19IN4O4/c1-9(12-4-7-23(12)18(25)26)27-13-8-20-5-2-10(13)16-15(19)14-11(22-16)3-6-21-17(14)24/h2,5,8-9,12,22H,3-4,6-7H2,1H3,(H,21,24)(H,25,26)/t9?,12-/m1/s1. The quantitative estimate of drug-likeness (QED) is 0.581. The maximum Gasteiger partial charge on any atom is 0.407 e. The first-order chi connectivity index (χ1) is 13.0. The highest BCUT2D eigenvalue weighted by atomic mass is 127. The summed E-state index contributed by atoms with van der Waals surface area (Å²) in [7, 11) is 0. The zero-order valence-electron chi connectivity index (χ0n) is 14.7. The molecule has 142 valence electrons. The number of hydrogen-bond donors (Lipinski definition) is 3. The number of carbonyl (C=O) groups excluding carboxylic acids is 1. The van der Waals surface area contributed by atoms with Gasteiger partial charge in [0.15, 0.2) is 0 Å². The van der Waals surface area contributed by atoms with Gasteiger partial charge in [-0.3, -0.25) is 9.78 Å². The molecule has 0 radical (unpaired) electrons. The van der Waals surface area contributed by atoms with Crippen LogP contribution >= 0.6 is 22.6 Å². The second kappa shape index (κ2) is 7.02. The lowest BCUT2D eigenvalue weighted by molar-refractivity contribution is 0.0150. The second-order valence-electron chi connectivity index (χ2n) is 6.70. The molecule has 9 heteroatoms. The summed E-state index contributed by atoms with van der Waals surface area (Å²) < 4.78 is 6.95. The van der Waals surface area contributed by atoms with Crippen LogP contribution in [0.15, 0.2) is 18.5 Å². The minimum absolute atomic E-state index is 0.0698. The molecule has 3 N–H and O–H groups in total. The fraction of sp³-hybridized carbons (Fsp3) is 0.389. The maximum atomic E-state index is 12.2. The van der Waals surface area contributed by atoms with Crippen LogP contribution in [-0.2, 0) is 6.42 Å². The molecule has 4 rings (SSSR count). The summed E-state index contributed by atoms with van der Waals surface area (Å²) in [6.45, 7) is 3.02. The number of halogens is 1. The van der Waals surface area contributed by atoms with E-state index in [0.717, 1.165) is 33.4 Å². The van der Waals surface area contributed by atoms with Crippen molar-refractivity contribution in [3.63, 3.8) is 0 Å². The van der Waals surface area contributed by atoms with E-state index in [-0.39, 0.29) is 18.1 Å². The van der Waals surface area contributed by atoms with E-state index in [1.807, 2.05) is 13.0 Å². The van der Waals surface area contributed by atoms with Gasteiger partial charge >= 0.3 is 6.09 Å². The Morgan fingerprint density at radius 1 is 1.52 bits per heavy atom. The average molecular weight is 482 g/mol. The number of likely N-dealkylation sites (tertiary alicyclic amines) is 1. The third kappa shape index (κ3) is 3.13. The van der Waals surface area contributed by atoms with E-state index in [0.29, 0.717) is 24.4 Å². The molecule has 1 fully saturated rings. The topological polar surface area (TPSA) is 108 Å². The van der Waals surface area contributed by atoms with Crippen molar-refractivity contribution in [1.29, 1.82) is 0 Å². The molecule has 0 aliphatic carbocycles. The fourth-order valence-corrected chi connectivity index (χ4v) is 4.61. The number of amides is 2. The molecule has 0 bridgehead atoms. The minimum Gasteiger partial charge on any atom is -0.486 e. The van der Waals surface area contributed by atoms with Gasteiger partial charge in [-0.1, -0.05) is 0 Å². The summed E-state index contributed by atoms with van der Waals surface area (Å²) in [6, 6.07) is 1.67. The minimum atomic E-state index is -0.925. The zero-order chi connectivity index (χ0) is 19.1. The van der Waals surface area contributed by atoms with E-state index < -0.39 is 6.09 Å². The number of nitrogens with zero attached hydrogens (tertiary/aromatic N) is 2. The summed E-state index contributed by atoms with van der Waals surface area (Å²) in [5.41, 5.74) is 3.24. The Kier molecular flexibility index (Phi) is 4.70. The Labute approximate surface area is 169 Å². The number of carbonyl (C=O) groups is 2. The summed E-state index contributed by atoms with van der Waals surface area (Å²) in [4.78, 5) is 32.4. The molecule has 2 aromatic rings. The third-order valence-corrected chi connectivity index (χ3v) is 6.20. The average Bonchev–Trinajstić information content (AvgIpc) is 2.92. The predicted molar refractivity (Wildman–Crippen MR) is 106 cm³/mol. The number of hydrogen-bond acceptors (Lipinski definition) is 4. The molecule has 0 saturated carbocycles. The normalized spacial score (nSPS) is 19.7. The first kappa shape index (κ1) is 18.1. The van der Waals surface area contributed by atoms with Crippen LogP contribution in [0.3, 0.4) is 0 Å². The zero-order valence-corrected chi connectivity index (χ0v) is 16.8. The molecule has 8 nitrogen and oxygen atoms in total. The number of ether oxygens (including phenoxy) is 1. The van der Waals surface area contributed by atoms with Gasteiger partial charge in [-0.05, 0) is 42.0 Å². The largest absolute Gasteiger partial charge is 0.486 e. The van der Waals surface area contributed by atoms with Crippen molar-refractivity contribution >= 4 is 34.6 Å². The fourth-order valence-electron chi connectivity index (χ4n) is 3.62. The van der Waals surface area contributed by atoms with Gasteiger partial charge in [-0.2, -0.15) is 0 Å². The molecular weight excluding hydrogens is 463 g/mol. The molecule has 4 heterocycles. The number of aromatic amines is 1. The lowest BCUT2D eigenvalue weighted by Crippen LogP contribution is -2.56. The highest BCUT2D eigenvalue weighted by molar-refractivity contribution is 14.1. The Bertz CT molecular complexity index is 913. The Morgan fingerprint density at radius 2 is 2.33 bits per heavy atom. The summed E-state index contributed by atoms with van der Waals surface area (Å²) in [5.74, 6) is 0.499. The van der Waals surface area contributed by atoms with E-state index in [2.05, 4.69) is 37.9 Å². The Hall–Kier alpha value is -2.30. The molecule has 27 heavy (non-hydrogen) atoms. The number of fused-ring (bicyclic) bond motifs is 1. The second-order valence-corrected chi connectivity index (χ2v) is 7.78. The van der Waals surface area contributed by atoms with E-state index >= 15 is 0 Å². The predicted octanol–water partition coefficient (Wildman–Crippen LogP) is 2.49. The molecule has 0 aromatic carbocycles. The summed E-state index contributed by atoms with van der Waals surface area (Å²) in [5, 5.41) is 12.1. The van der Waals surface area contributed by atoms with Crippen LogP contribution in [0.1, 0.15) is 29.4 Å². The van der Waals surface area contributed by atoms with Gasteiger partial charge in [-0.25, -0.2) is 4.79 Å². The van der Waals surface area contributed by atoms with Gasteiger partial charge in [-0.15, -0.1) is 0 Å². The molecule has 2 atom stereocenters. The van der Waals surface area contributed by atoms with Crippen LogP contribution in [0.2, 0.25) is 0 Å². The van der Waals surface area contributed by atoms with Crippen LogP contribution in [-0.4, -0.2) is 57.2 Å². The number of nitrogens with one attached hydrogen (secondary N) is 2. The molecule has 2 aliphatic heterocycles. The van der Waals surface area contributed by atoms with E-state index in [1.54, 1.807) is 12.4 Å². The number of aromatic nitrogens is 2. The molecule has 2 aliphatic rings. The Morgan fingerprint density at radius 3 is 3.00 bits per heavy atom. The van der Waals surface area contributed by atoms with Crippen molar-refractivity contribution < 1.29 is 19.4 Å². The Balaban J connectivity index is 1.65. The molecule has 1 unspecified atom stereocenters. The lowest BCUT2D eigenvalue weighted by atomic mass is 9.99. The van der Waals surface area contributed by atoms with E-state index in [4.69, 9.17) is 4.74 Å². The number of pyridine rings is 1. The molecule has 1 saturated heterocycles. The van der Waals surface area contributed by atoms with Crippen molar-refractivity contribution in [3.05, 3.63) is 33.3 Å². The van der Waals surface area contributed by atoms with Gasteiger partial charge in [0.25, 0.3) is 5.91 Å². The van der Waals surface area contributed by atoms with Gasteiger partial charge in [0.1, 0.15) is 11.9 Å². The SMILES string of the molecule is CC(Oc1cnccc1-c1[nH]c2c(c1I)C(=O)NCC2)[C@H]1CCN1C(=O)O. The van der Waals surface area contributed by atoms with Crippen LogP contribution in [0.5, 0.6) is 5.75 Å². The summed E-state index contributed by atoms with van der Waals surface area (Å²) >= 11 is 2.18. The monoisotopic (exact) mass is 482 g/mol. The summed E-state index contributed by atoms with van der Waals surface area (Å²) in [6.07, 6.45) is 3.61. The van der Waals surface area contributed by atoms with E-state index in [9.17, 15) is 14.7 Å². The number of rotatable bonds is 4. The smallest absolute Gasteiger partial charge is 0.407 e.